The van der Waals surface area contributed by atoms with Gasteiger partial charge in [-0.1, -0.05) is 0 Å². The normalized spacial score (nSPS) is 22.9. The summed E-state index contributed by atoms with van der Waals surface area (Å²) in [6.45, 7) is 2.45. The Morgan fingerprint density at radius 1 is 1.44 bits per heavy atom. The molecular weight excluding hydrogens is 254 g/mol. The molecule has 2 heterocycles. The number of carbonyl (C=O) groups is 2. The molecule has 18 heavy (non-hydrogen) atoms. The maximum absolute atomic E-state index is 11.8. The van der Waals surface area contributed by atoms with Crippen molar-refractivity contribution in [2.75, 3.05) is 0 Å². The van der Waals surface area contributed by atoms with E-state index in [-0.39, 0.29) is 5.91 Å². The Morgan fingerprint density at radius 3 is 2.72 bits per heavy atom. The molecule has 5 nitrogen and oxygen atoms in total. The Morgan fingerprint density at radius 2 is 2.17 bits per heavy atom. The number of rotatable bonds is 4. The standard InChI is InChI=1S/C12H15NO4S/c1-7-5-18-6-8(7)4-13-11(14)9-2-3-10(17-9)12(15)16/h5-6,9-10H,2-4H2,1H3,(H,13,14)(H,15,16)/t9-,10+/m0/s1. The van der Waals surface area contributed by atoms with Gasteiger partial charge in [-0.3, -0.25) is 4.79 Å². The van der Waals surface area contributed by atoms with E-state index in [0.29, 0.717) is 19.4 Å². The molecule has 1 aliphatic rings. The summed E-state index contributed by atoms with van der Waals surface area (Å²) in [6, 6.07) is 0. The summed E-state index contributed by atoms with van der Waals surface area (Å²) in [4.78, 5) is 22.5. The van der Waals surface area contributed by atoms with Crippen molar-refractivity contribution in [3.8, 4) is 0 Å². The van der Waals surface area contributed by atoms with E-state index < -0.39 is 18.2 Å². The largest absolute Gasteiger partial charge is 0.479 e. The third-order valence-electron chi connectivity index (χ3n) is 3.00. The molecule has 2 N–H and O–H groups in total. The van der Waals surface area contributed by atoms with Crippen LogP contribution in [0.2, 0.25) is 0 Å². The average Bonchev–Trinajstić information content (AvgIpc) is 2.94. The Kier molecular flexibility index (Phi) is 3.98. The molecular formula is C12H15NO4S. The van der Waals surface area contributed by atoms with Crippen molar-refractivity contribution in [1.82, 2.24) is 5.32 Å². The van der Waals surface area contributed by atoms with Crippen LogP contribution in [0.15, 0.2) is 10.8 Å². The van der Waals surface area contributed by atoms with Gasteiger partial charge in [-0.2, -0.15) is 11.3 Å². The number of aliphatic carboxylic acids is 1. The van der Waals surface area contributed by atoms with Crippen molar-refractivity contribution in [1.29, 1.82) is 0 Å². The minimum Gasteiger partial charge on any atom is -0.479 e. The van der Waals surface area contributed by atoms with E-state index in [2.05, 4.69) is 5.32 Å². The van der Waals surface area contributed by atoms with Gasteiger partial charge >= 0.3 is 5.97 Å². The van der Waals surface area contributed by atoms with Crippen LogP contribution in [-0.2, 0) is 20.9 Å². The molecule has 1 aromatic rings. The van der Waals surface area contributed by atoms with Crippen LogP contribution in [0, 0.1) is 6.92 Å². The fraction of sp³-hybridized carbons (Fsp3) is 0.500. The minimum atomic E-state index is -1.00. The predicted octanol–water partition coefficient (Wildman–Crippen LogP) is 1.30. The highest BCUT2D eigenvalue weighted by molar-refractivity contribution is 7.08. The van der Waals surface area contributed by atoms with Gasteiger partial charge in [-0.15, -0.1) is 0 Å². The van der Waals surface area contributed by atoms with Gasteiger partial charge in [0.15, 0.2) is 6.10 Å². The van der Waals surface area contributed by atoms with Gasteiger partial charge in [0.25, 0.3) is 0 Å². The summed E-state index contributed by atoms with van der Waals surface area (Å²) in [6.07, 6.45) is -0.621. The van der Waals surface area contributed by atoms with E-state index in [1.54, 1.807) is 11.3 Å². The highest BCUT2D eigenvalue weighted by Gasteiger charge is 2.34. The van der Waals surface area contributed by atoms with Crippen molar-refractivity contribution in [2.45, 2.75) is 38.5 Å². The van der Waals surface area contributed by atoms with Crippen molar-refractivity contribution in [3.63, 3.8) is 0 Å². The summed E-state index contributed by atoms with van der Waals surface area (Å²) in [7, 11) is 0. The van der Waals surface area contributed by atoms with Crippen LogP contribution in [0.3, 0.4) is 0 Å². The van der Waals surface area contributed by atoms with Gasteiger partial charge in [0.05, 0.1) is 0 Å². The highest BCUT2D eigenvalue weighted by atomic mass is 32.1. The maximum Gasteiger partial charge on any atom is 0.332 e. The molecule has 2 atom stereocenters. The van der Waals surface area contributed by atoms with Gasteiger partial charge in [0.2, 0.25) is 5.91 Å². The van der Waals surface area contributed by atoms with Crippen molar-refractivity contribution >= 4 is 23.2 Å². The molecule has 1 amide bonds. The zero-order chi connectivity index (χ0) is 13.1. The molecule has 0 unspecified atom stereocenters. The molecule has 0 aliphatic carbocycles. The third kappa shape index (κ3) is 2.88. The van der Waals surface area contributed by atoms with E-state index >= 15 is 0 Å². The monoisotopic (exact) mass is 269 g/mol. The predicted molar refractivity (Wildman–Crippen MR) is 66.4 cm³/mol. The first kappa shape index (κ1) is 13.0. The fourth-order valence-electron chi connectivity index (χ4n) is 1.88. The van der Waals surface area contributed by atoms with E-state index in [1.807, 2.05) is 17.7 Å². The SMILES string of the molecule is Cc1cscc1CNC(=O)[C@@H]1CC[C@H](C(=O)O)O1. The second-order valence-electron chi connectivity index (χ2n) is 4.33. The van der Waals surface area contributed by atoms with E-state index in [9.17, 15) is 9.59 Å². The number of carboxylic acid groups (broad SMARTS) is 1. The topological polar surface area (TPSA) is 75.6 Å². The first-order valence-corrected chi connectivity index (χ1v) is 6.70. The van der Waals surface area contributed by atoms with Crippen LogP contribution in [0.5, 0.6) is 0 Å². The number of hydrogen-bond donors (Lipinski definition) is 2. The second-order valence-corrected chi connectivity index (χ2v) is 5.07. The molecule has 6 heteroatoms. The Bertz CT molecular complexity index is 457. The second kappa shape index (κ2) is 5.49. The smallest absolute Gasteiger partial charge is 0.332 e. The van der Waals surface area contributed by atoms with Crippen LogP contribution in [-0.4, -0.2) is 29.2 Å². The molecule has 1 aromatic heterocycles. The number of hydrogen-bond acceptors (Lipinski definition) is 4. The molecule has 0 spiro atoms. The fourth-order valence-corrected chi connectivity index (χ4v) is 2.73. The van der Waals surface area contributed by atoms with E-state index in [4.69, 9.17) is 9.84 Å². The third-order valence-corrected chi connectivity index (χ3v) is 3.91. The van der Waals surface area contributed by atoms with Crippen LogP contribution >= 0.6 is 11.3 Å². The van der Waals surface area contributed by atoms with Crippen molar-refractivity contribution in [2.24, 2.45) is 0 Å². The van der Waals surface area contributed by atoms with Crippen molar-refractivity contribution < 1.29 is 19.4 Å². The van der Waals surface area contributed by atoms with Gasteiger partial charge in [0, 0.05) is 6.54 Å². The van der Waals surface area contributed by atoms with Gasteiger partial charge < -0.3 is 15.2 Å². The van der Waals surface area contributed by atoms with E-state index in [0.717, 1.165) is 11.1 Å². The minimum absolute atomic E-state index is 0.232. The zero-order valence-electron chi connectivity index (χ0n) is 10.0. The van der Waals surface area contributed by atoms with Gasteiger partial charge in [-0.25, -0.2) is 4.79 Å². The zero-order valence-corrected chi connectivity index (χ0v) is 10.8. The Labute approximate surface area is 109 Å². The molecule has 0 bridgehead atoms. The molecule has 0 saturated carbocycles. The number of amides is 1. The first-order valence-electron chi connectivity index (χ1n) is 5.75. The van der Waals surface area contributed by atoms with Crippen LogP contribution in [0.25, 0.3) is 0 Å². The van der Waals surface area contributed by atoms with Crippen LogP contribution in [0.4, 0.5) is 0 Å². The quantitative estimate of drug-likeness (QED) is 0.864. The summed E-state index contributed by atoms with van der Waals surface area (Å²) in [5.74, 6) is -1.23. The van der Waals surface area contributed by atoms with Crippen molar-refractivity contribution in [3.05, 3.63) is 21.9 Å². The molecule has 0 radical (unpaired) electrons. The Balaban J connectivity index is 1.83. The lowest BCUT2D eigenvalue weighted by Gasteiger charge is -2.11. The van der Waals surface area contributed by atoms with Crippen LogP contribution in [0.1, 0.15) is 24.0 Å². The molecule has 1 fully saturated rings. The van der Waals surface area contributed by atoms with E-state index in [1.165, 1.54) is 0 Å². The lowest BCUT2D eigenvalue weighted by atomic mass is 10.2. The summed E-state index contributed by atoms with van der Waals surface area (Å²) in [5, 5.41) is 15.6. The van der Waals surface area contributed by atoms with Crippen LogP contribution < -0.4 is 5.32 Å². The lowest BCUT2D eigenvalue weighted by Crippen LogP contribution is -2.35. The number of thiophene rings is 1. The summed E-state index contributed by atoms with van der Waals surface area (Å²) in [5.41, 5.74) is 2.23. The number of ether oxygens (including phenoxy) is 1. The molecule has 1 aliphatic heterocycles. The summed E-state index contributed by atoms with van der Waals surface area (Å²) >= 11 is 1.59. The number of carbonyl (C=O) groups excluding carboxylic acids is 1. The molecule has 2 rings (SSSR count). The molecule has 1 saturated heterocycles. The summed E-state index contributed by atoms with van der Waals surface area (Å²) < 4.78 is 5.18. The number of nitrogens with one attached hydrogen (secondary N) is 1. The van der Waals surface area contributed by atoms with Gasteiger partial charge in [0.1, 0.15) is 6.10 Å². The average molecular weight is 269 g/mol. The number of carboxylic acids is 1. The molecule has 98 valence electrons. The highest BCUT2D eigenvalue weighted by Crippen LogP contribution is 2.20. The maximum atomic E-state index is 11.8. The molecule has 0 aromatic carbocycles. The first-order chi connectivity index (χ1) is 8.58. The Hall–Kier alpha value is -1.40. The number of aryl methyl sites for hydroxylation is 1. The van der Waals surface area contributed by atoms with Gasteiger partial charge in [-0.05, 0) is 41.7 Å². The lowest BCUT2D eigenvalue weighted by molar-refractivity contribution is -0.151.